The number of hydrogen-bond donors (Lipinski definition) is 1. The molecular weight excluding hydrogens is 304 g/mol. The SMILES string of the molecule is CCN(CC)c1ccc(NS(=O)(=O)CBr)cc1. The Bertz CT molecular complexity index is 441. The Morgan fingerprint density at radius 1 is 1.18 bits per heavy atom. The molecule has 0 saturated heterocycles. The fourth-order valence-electron chi connectivity index (χ4n) is 1.54. The molecule has 0 aliphatic rings. The van der Waals surface area contributed by atoms with E-state index in [0.717, 1.165) is 18.8 Å². The van der Waals surface area contributed by atoms with Gasteiger partial charge in [0.05, 0.1) is 0 Å². The lowest BCUT2D eigenvalue weighted by molar-refractivity contribution is 0.606. The molecule has 4 nitrogen and oxygen atoms in total. The Labute approximate surface area is 111 Å². The summed E-state index contributed by atoms with van der Waals surface area (Å²) < 4.78 is 25.0. The van der Waals surface area contributed by atoms with E-state index in [4.69, 9.17) is 0 Å². The molecule has 6 heteroatoms. The Morgan fingerprint density at radius 2 is 1.71 bits per heavy atom. The van der Waals surface area contributed by atoms with Gasteiger partial charge in [0.1, 0.15) is 4.66 Å². The fourth-order valence-corrected chi connectivity index (χ4v) is 2.43. The highest BCUT2D eigenvalue weighted by Gasteiger charge is 2.08. The van der Waals surface area contributed by atoms with Gasteiger partial charge in [-0.15, -0.1) is 0 Å². The minimum atomic E-state index is -3.26. The van der Waals surface area contributed by atoms with Gasteiger partial charge in [-0.2, -0.15) is 0 Å². The van der Waals surface area contributed by atoms with Crippen molar-refractivity contribution in [2.75, 3.05) is 27.4 Å². The number of nitrogens with one attached hydrogen (secondary N) is 1. The van der Waals surface area contributed by atoms with Crippen molar-refractivity contribution in [3.05, 3.63) is 24.3 Å². The Balaban J connectivity index is 2.81. The number of halogens is 1. The van der Waals surface area contributed by atoms with Crippen LogP contribution in [-0.2, 0) is 10.0 Å². The quantitative estimate of drug-likeness (QED) is 0.820. The van der Waals surface area contributed by atoms with Crippen LogP contribution in [0.25, 0.3) is 0 Å². The molecule has 17 heavy (non-hydrogen) atoms. The molecule has 0 unspecified atom stereocenters. The summed E-state index contributed by atoms with van der Waals surface area (Å²) in [4.78, 5) is 2.20. The highest BCUT2D eigenvalue weighted by Crippen LogP contribution is 2.18. The zero-order valence-electron chi connectivity index (χ0n) is 9.98. The number of alkyl halides is 1. The first-order valence-electron chi connectivity index (χ1n) is 5.44. The molecule has 0 spiro atoms. The third kappa shape index (κ3) is 4.20. The van der Waals surface area contributed by atoms with Crippen molar-refractivity contribution in [2.45, 2.75) is 13.8 Å². The van der Waals surface area contributed by atoms with Gasteiger partial charge in [-0.1, -0.05) is 15.9 Å². The van der Waals surface area contributed by atoms with Crippen LogP contribution in [-0.4, -0.2) is 26.2 Å². The van der Waals surface area contributed by atoms with Crippen LogP contribution >= 0.6 is 15.9 Å². The molecule has 1 aromatic rings. The van der Waals surface area contributed by atoms with E-state index in [1.165, 1.54) is 0 Å². The van der Waals surface area contributed by atoms with Crippen molar-refractivity contribution in [1.29, 1.82) is 0 Å². The second-order valence-electron chi connectivity index (χ2n) is 3.55. The lowest BCUT2D eigenvalue weighted by Gasteiger charge is -2.21. The van der Waals surface area contributed by atoms with Gasteiger partial charge >= 0.3 is 0 Å². The van der Waals surface area contributed by atoms with Gasteiger partial charge in [0.25, 0.3) is 0 Å². The molecule has 1 rings (SSSR count). The molecule has 1 N–H and O–H groups in total. The number of sulfonamides is 1. The monoisotopic (exact) mass is 320 g/mol. The zero-order valence-corrected chi connectivity index (χ0v) is 12.4. The largest absolute Gasteiger partial charge is 0.372 e. The van der Waals surface area contributed by atoms with E-state index < -0.39 is 10.0 Å². The normalized spacial score (nSPS) is 11.2. The van der Waals surface area contributed by atoms with Crippen LogP contribution in [0.1, 0.15) is 13.8 Å². The first kappa shape index (κ1) is 14.3. The van der Waals surface area contributed by atoms with Gasteiger partial charge < -0.3 is 4.90 Å². The predicted molar refractivity (Wildman–Crippen MR) is 76.3 cm³/mol. The van der Waals surface area contributed by atoms with E-state index in [-0.39, 0.29) is 4.66 Å². The maximum absolute atomic E-state index is 11.3. The third-order valence-corrected chi connectivity index (χ3v) is 5.06. The van der Waals surface area contributed by atoms with Crippen molar-refractivity contribution < 1.29 is 8.42 Å². The highest BCUT2D eigenvalue weighted by molar-refractivity contribution is 9.10. The Hall–Kier alpha value is -0.750. The minimum Gasteiger partial charge on any atom is -0.372 e. The van der Waals surface area contributed by atoms with E-state index in [0.29, 0.717) is 5.69 Å². The first-order chi connectivity index (χ1) is 8.02. The molecule has 0 bridgehead atoms. The van der Waals surface area contributed by atoms with Gasteiger partial charge in [0.2, 0.25) is 10.0 Å². The van der Waals surface area contributed by atoms with Gasteiger partial charge in [-0.3, -0.25) is 4.72 Å². The van der Waals surface area contributed by atoms with Crippen molar-refractivity contribution in [2.24, 2.45) is 0 Å². The molecule has 0 fully saturated rings. The summed E-state index contributed by atoms with van der Waals surface area (Å²) in [5.41, 5.74) is 1.68. The molecule has 1 aromatic carbocycles. The number of benzene rings is 1. The third-order valence-electron chi connectivity index (χ3n) is 2.41. The number of hydrogen-bond acceptors (Lipinski definition) is 3. The number of rotatable bonds is 6. The van der Waals surface area contributed by atoms with Crippen molar-refractivity contribution in [3.8, 4) is 0 Å². The molecule has 0 radical (unpaired) electrons. The molecule has 0 atom stereocenters. The van der Waals surface area contributed by atoms with Crippen LogP contribution in [0.5, 0.6) is 0 Å². The highest BCUT2D eigenvalue weighted by atomic mass is 79.9. The lowest BCUT2D eigenvalue weighted by atomic mass is 10.2. The zero-order chi connectivity index (χ0) is 12.9. The smallest absolute Gasteiger partial charge is 0.242 e. The van der Waals surface area contributed by atoms with Crippen LogP contribution in [0.3, 0.4) is 0 Å². The Morgan fingerprint density at radius 3 is 2.12 bits per heavy atom. The first-order valence-corrected chi connectivity index (χ1v) is 8.21. The molecule has 0 amide bonds. The fraction of sp³-hybridized carbons (Fsp3) is 0.455. The molecule has 0 aliphatic carbocycles. The van der Waals surface area contributed by atoms with Crippen LogP contribution in [0.2, 0.25) is 0 Å². The summed E-state index contributed by atoms with van der Waals surface area (Å²) in [6.45, 7) is 6.04. The van der Waals surface area contributed by atoms with Gasteiger partial charge in [0.15, 0.2) is 0 Å². The summed E-state index contributed by atoms with van der Waals surface area (Å²) in [6.07, 6.45) is 0. The second-order valence-corrected chi connectivity index (χ2v) is 6.57. The van der Waals surface area contributed by atoms with E-state index >= 15 is 0 Å². The van der Waals surface area contributed by atoms with Gasteiger partial charge in [0, 0.05) is 24.5 Å². The van der Waals surface area contributed by atoms with E-state index in [1.54, 1.807) is 12.1 Å². The minimum absolute atomic E-state index is 0.0994. The van der Waals surface area contributed by atoms with E-state index in [1.807, 2.05) is 12.1 Å². The maximum atomic E-state index is 11.3. The van der Waals surface area contributed by atoms with E-state index in [2.05, 4.69) is 39.4 Å². The maximum Gasteiger partial charge on any atom is 0.242 e. The molecule has 96 valence electrons. The predicted octanol–water partition coefficient (Wildman–Crippen LogP) is 2.63. The van der Waals surface area contributed by atoms with Crippen LogP contribution in [0.4, 0.5) is 11.4 Å². The number of nitrogens with zero attached hydrogens (tertiary/aromatic N) is 1. The lowest BCUT2D eigenvalue weighted by Crippen LogP contribution is -2.21. The number of anilines is 2. The van der Waals surface area contributed by atoms with Crippen LogP contribution in [0, 0.1) is 0 Å². The van der Waals surface area contributed by atoms with Crippen LogP contribution in [0.15, 0.2) is 24.3 Å². The van der Waals surface area contributed by atoms with Crippen molar-refractivity contribution in [1.82, 2.24) is 0 Å². The molecule has 0 aromatic heterocycles. The van der Waals surface area contributed by atoms with E-state index in [9.17, 15) is 8.42 Å². The summed E-state index contributed by atoms with van der Waals surface area (Å²) in [5.74, 6) is 0. The van der Waals surface area contributed by atoms with Crippen LogP contribution < -0.4 is 9.62 Å². The summed E-state index contributed by atoms with van der Waals surface area (Å²) in [6, 6.07) is 7.37. The summed E-state index contributed by atoms with van der Waals surface area (Å²) in [7, 11) is -3.26. The molecule has 0 saturated carbocycles. The Kier molecular flexibility index (Phi) is 5.27. The summed E-state index contributed by atoms with van der Waals surface area (Å²) in [5, 5.41) is 0. The van der Waals surface area contributed by atoms with Crippen molar-refractivity contribution in [3.63, 3.8) is 0 Å². The second kappa shape index (κ2) is 6.26. The van der Waals surface area contributed by atoms with Gasteiger partial charge in [-0.25, -0.2) is 8.42 Å². The van der Waals surface area contributed by atoms with Crippen molar-refractivity contribution >= 4 is 37.3 Å². The average molecular weight is 321 g/mol. The standard InChI is InChI=1S/C11H17BrN2O2S/c1-3-14(4-2)11-7-5-10(6-8-11)13-17(15,16)9-12/h5-8,13H,3-4,9H2,1-2H3. The topological polar surface area (TPSA) is 49.4 Å². The molecule has 0 aliphatic heterocycles. The summed E-state index contributed by atoms with van der Waals surface area (Å²) >= 11 is 2.93. The molecular formula is C11H17BrN2O2S. The molecule has 0 heterocycles. The average Bonchev–Trinajstić information content (AvgIpc) is 2.32. The van der Waals surface area contributed by atoms with Gasteiger partial charge in [-0.05, 0) is 38.1 Å².